The second-order valence-electron chi connectivity index (χ2n) is 18.5. The molecule has 3 aliphatic heterocycles. The average Bonchev–Trinajstić information content (AvgIpc) is 3.56. The van der Waals surface area contributed by atoms with Crippen molar-refractivity contribution in [2.75, 3.05) is 27.2 Å². The van der Waals surface area contributed by atoms with Gasteiger partial charge in [0.25, 0.3) is 0 Å². The highest BCUT2D eigenvalue weighted by molar-refractivity contribution is 6.00. The molecule has 346 valence electrons. The fourth-order valence-corrected chi connectivity index (χ4v) is 9.71. The number of amides is 2. The standard InChI is InChI=1S/C48H69N5O10/c1-12-38-48(9)41(51-45(57)63-48)30(4)35(22-25-59-46(58)52-50-24-15-16-33-18-20-34(21-19-33)36-17-13-14-23-49-36)28(2)27-47(7,8)42(31(5)39(54)32(6)43(56)61-38)62-44-40(55)37(53(10)11)26-29(3)60-44/h13-23,28-32,37-38,40-42,44,50,55H,12,24-27H2,1-11H3,(H,51,57)(H,52,58)/b16-15+,35-22+/t28-,29-,30+,31+,32-,37+,38-,40-,41-,42-,44+,48-/m1/s1. The van der Waals surface area contributed by atoms with Gasteiger partial charge in [-0.1, -0.05) is 89.6 Å². The van der Waals surface area contributed by atoms with Crippen LogP contribution in [0.5, 0.6) is 0 Å². The molecule has 3 aliphatic rings. The number of fused-ring (bicyclic) bond motifs is 1. The van der Waals surface area contributed by atoms with Crippen molar-refractivity contribution in [2.45, 2.75) is 130 Å². The second kappa shape index (κ2) is 21.3. The topological polar surface area (TPSA) is 187 Å². The van der Waals surface area contributed by atoms with Crippen molar-refractivity contribution in [3.05, 3.63) is 72.0 Å². The Morgan fingerprint density at radius 3 is 2.40 bits per heavy atom. The van der Waals surface area contributed by atoms with Crippen LogP contribution in [-0.4, -0.2) is 115 Å². The maximum Gasteiger partial charge on any atom is 0.421 e. The molecular formula is C48H69N5O10. The van der Waals surface area contributed by atoms with E-state index in [1.54, 1.807) is 20.0 Å². The molecule has 3 saturated heterocycles. The number of ether oxygens (including phenoxy) is 5. The second-order valence-corrected chi connectivity index (χ2v) is 18.5. The third-order valence-corrected chi connectivity index (χ3v) is 13.0. The van der Waals surface area contributed by atoms with Crippen LogP contribution in [0.15, 0.2) is 66.4 Å². The predicted molar refractivity (Wildman–Crippen MR) is 239 cm³/mol. The Balaban J connectivity index is 1.36. The minimum absolute atomic E-state index is 0.0981. The van der Waals surface area contributed by atoms with Crippen LogP contribution < -0.4 is 16.2 Å². The summed E-state index contributed by atoms with van der Waals surface area (Å²) in [6, 6.07) is 12.9. The number of esters is 1. The fraction of sp³-hybridized carbons (Fsp3) is 0.604. The van der Waals surface area contributed by atoms with Crippen molar-refractivity contribution >= 4 is 30.0 Å². The van der Waals surface area contributed by atoms with Crippen molar-refractivity contribution in [2.24, 2.45) is 29.1 Å². The van der Waals surface area contributed by atoms with Crippen molar-refractivity contribution < 1.29 is 48.0 Å². The van der Waals surface area contributed by atoms with Crippen LogP contribution in [0.1, 0.15) is 87.1 Å². The smallest absolute Gasteiger partial charge is 0.421 e. The van der Waals surface area contributed by atoms with Crippen molar-refractivity contribution in [1.82, 2.24) is 26.1 Å². The van der Waals surface area contributed by atoms with Gasteiger partial charge in [-0.15, -0.1) is 0 Å². The molecule has 0 bridgehead atoms. The highest BCUT2D eigenvalue weighted by atomic mass is 16.7. The number of alkyl carbamates (subject to hydrolysis) is 1. The van der Waals surface area contributed by atoms with Gasteiger partial charge >= 0.3 is 18.2 Å². The number of Topliss-reactive ketones (excluding diaryl/α,β-unsaturated/α-hetero) is 1. The lowest BCUT2D eigenvalue weighted by atomic mass is 9.68. The van der Waals surface area contributed by atoms with Crippen LogP contribution in [0.25, 0.3) is 17.3 Å². The molecule has 2 aromatic rings. The van der Waals surface area contributed by atoms with Gasteiger partial charge in [0, 0.05) is 36.2 Å². The zero-order chi connectivity index (χ0) is 46.2. The van der Waals surface area contributed by atoms with Gasteiger partial charge in [-0.2, -0.15) is 0 Å². The number of pyridine rings is 1. The van der Waals surface area contributed by atoms with Gasteiger partial charge in [0.15, 0.2) is 17.7 Å². The number of aliphatic hydroxyl groups excluding tert-OH is 1. The van der Waals surface area contributed by atoms with Crippen LogP contribution in [0.4, 0.5) is 9.59 Å². The monoisotopic (exact) mass is 876 g/mol. The molecule has 5 rings (SSSR count). The lowest BCUT2D eigenvalue weighted by Crippen LogP contribution is -2.57. The molecule has 2 amide bonds. The van der Waals surface area contributed by atoms with E-state index in [0.29, 0.717) is 25.8 Å². The molecule has 12 atom stereocenters. The zero-order valence-corrected chi connectivity index (χ0v) is 38.8. The highest BCUT2D eigenvalue weighted by Crippen LogP contribution is 2.44. The lowest BCUT2D eigenvalue weighted by Gasteiger charge is -2.47. The number of cyclic esters (lactones) is 1. The number of nitrogens with one attached hydrogen (secondary N) is 3. The molecule has 4 N–H and O–H groups in total. The van der Waals surface area contributed by atoms with E-state index in [-0.39, 0.29) is 30.5 Å². The van der Waals surface area contributed by atoms with Crippen molar-refractivity contribution in [1.29, 1.82) is 0 Å². The van der Waals surface area contributed by atoms with Crippen LogP contribution in [0.3, 0.4) is 0 Å². The van der Waals surface area contributed by atoms with Crippen LogP contribution in [-0.2, 0) is 33.3 Å². The summed E-state index contributed by atoms with van der Waals surface area (Å²) in [6.07, 6.45) is 3.45. The quantitative estimate of drug-likeness (QED) is 0.0482. The van der Waals surface area contributed by atoms with E-state index in [0.717, 1.165) is 22.4 Å². The Kier molecular flexibility index (Phi) is 16.7. The molecule has 0 aliphatic carbocycles. The SMILES string of the molecule is CC[C@H]1OC(=O)[C@H](C)C(=O)[C@H](C)[C@@H](O[C@@H]2O[C@H](C)C[C@H](N(C)C)[C@H]2O)C(C)(C)C[C@@H](C)/C(=C\COC(=O)NNC/C=C/c2ccc(-c3ccccn3)cc2)[C@H](C)[C@H]2NC(=O)O[C@@]21C. The summed E-state index contributed by atoms with van der Waals surface area (Å²) in [6.45, 7) is 17.0. The predicted octanol–water partition coefficient (Wildman–Crippen LogP) is 6.46. The number of nitrogens with zero attached hydrogens (tertiary/aromatic N) is 2. The summed E-state index contributed by atoms with van der Waals surface area (Å²) < 4.78 is 30.6. The molecule has 15 heteroatoms. The van der Waals surface area contributed by atoms with E-state index < -0.39 is 77.6 Å². The average molecular weight is 876 g/mol. The van der Waals surface area contributed by atoms with Crippen LogP contribution >= 0.6 is 0 Å². The Labute approximate surface area is 372 Å². The summed E-state index contributed by atoms with van der Waals surface area (Å²) in [4.78, 5) is 60.4. The van der Waals surface area contributed by atoms with Gasteiger partial charge in [0.05, 0.1) is 23.9 Å². The third kappa shape index (κ3) is 11.9. The largest absolute Gasteiger partial charge is 0.458 e. The minimum Gasteiger partial charge on any atom is -0.458 e. The Morgan fingerprint density at radius 1 is 1.03 bits per heavy atom. The Bertz CT molecular complexity index is 1940. The number of aromatic nitrogens is 1. The van der Waals surface area contributed by atoms with E-state index in [9.17, 15) is 24.3 Å². The third-order valence-electron chi connectivity index (χ3n) is 13.0. The fourth-order valence-electron chi connectivity index (χ4n) is 9.71. The van der Waals surface area contributed by atoms with E-state index >= 15 is 0 Å². The normalized spacial score (nSPS) is 33.6. The van der Waals surface area contributed by atoms with E-state index in [1.807, 2.05) is 121 Å². The summed E-state index contributed by atoms with van der Waals surface area (Å²) in [5.41, 5.74) is 7.13. The number of hydrazine groups is 1. The number of aliphatic hydroxyl groups is 1. The highest BCUT2D eigenvalue weighted by Gasteiger charge is 2.56. The summed E-state index contributed by atoms with van der Waals surface area (Å²) in [7, 11) is 3.79. The van der Waals surface area contributed by atoms with Gasteiger partial charge in [-0.05, 0) is 89.2 Å². The Morgan fingerprint density at radius 2 is 1.75 bits per heavy atom. The van der Waals surface area contributed by atoms with Gasteiger partial charge in [-0.3, -0.25) is 20.0 Å². The van der Waals surface area contributed by atoms with E-state index in [4.69, 9.17) is 23.7 Å². The van der Waals surface area contributed by atoms with Gasteiger partial charge in [0.2, 0.25) is 0 Å². The minimum atomic E-state index is -1.30. The molecule has 1 aromatic heterocycles. The maximum absolute atomic E-state index is 14.3. The number of ketones is 1. The lowest BCUT2D eigenvalue weighted by molar-refractivity contribution is -0.285. The van der Waals surface area contributed by atoms with Crippen LogP contribution in [0, 0.1) is 29.1 Å². The molecule has 0 radical (unpaired) electrons. The summed E-state index contributed by atoms with van der Waals surface area (Å²) in [5.74, 6) is -3.74. The number of carbonyl (C=O) groups is 4. The number of benzene rings is 1. The maximum atomic E-state index is 14.3. The first-order valence-corrected chi connectivity index (χ1v) is 22.2. The molecular weight excluding hydrogens is 807 g/mol. The van der Waals surface area contributed by atoms with Gasteiger partial charge in [-0.25, -0.2) is 15.0 Å². The summed E-state index contributed by atoms with van der Waals surface area (Å²) >= 11 is 0. The van der Waals surface area contributed by atoms with Crippen molar-refractivity contribution in [3.63, 3.8) is 0 Å². The first kappa shape index (κ1) is 49.3. The number of likely N-dealkylation sites (N-methyl/N-ethyl adjacent to an activating group) is 1. The molecule has 0 unspecified atom stereocenters. The first-order chi connectivity index (χ1) is 29.8. The van der Waals surface area contributed by atoms with Crippen LogP contribution in [0.2, 0.25) is 0 Å². The number of hydrogen-bond donors (Lipinski definition) is 4. The molecule has 1 aromatic carbocycles. The van der Waals surface area contributed by atoms with Gasteiger partial charge < -0.3 is 39.0 Å². The Hall–Kier alpha value is -4.67. The molecule has 0 spiro atoms. The van der Waals surface area contributed by atoms with Crippen molar-refractivity contribution in [3.8, 4) is 11.3 Å². The zero-order valence-electron chi connectivity index (χ0n) is 38.8. The number of rotatable bonds is 11. The summed E-state index contributed by atoms with van der Waals surface area (Å²) in [5, 5.41) is 14.5. The van der Waals surface area contributed by atoms with Gasteiger partial charge in [0.1, 0.15) is 24.7 Å². The molecule has 0 saturated carbocycles. The van der Waals surface area contributed by atoms with E-state index in [1.165, 1.54) is 6.92 Å². The van der Waals surface area contributed by atoms with E-state index in [2.05, 4.69) is 21.2 Å². The molecule has 15 nitrogen and oxygen atoms in total. The first-order valence-electron chi connectivity index (χ1n) is 22.2. The number of hydrogen-bond acceptors (Lipinski definition) is 13. The molecule has 3 fully saturated rings. The number of carbonyl (C=O) groups excluding carboxylic acids is 4. The molecule has 4 heterocycles. The molecule has 63 heavy (non-hydrogen) atoms.